The SMILES string of the molecule is COc1cc(C(=O)N2CCCC(CCl)C2)ccc1C. The third-order valence-electron chi connectivity index (χ3n) is 3.68. The van der Waals surface area contributed by atoms with Gasteiger partial charge in [-0.3, -0.25) is 4.79 Å². The van der Waals surface area contributed by atoms with E-state index >= 15 is 0 Å². The number of likely N-dealkylation sites (tertiary alicyclic amines) is 1. The van der Waals surface area contributed by atoms with Crippen LogP contribution in [0.25, 0.3) is 0 Å². The largest absolute Gasteiger partial charge is 0.496 e. The van der Waals surface area contributed by atoms with Crippen molar-refractivity contribution in [3.8, 4) is 5.75 Å². The summed E-state index contributed by atoms with van der Waals surface area (Å²) in [6, 6.07) is 5.61. The Labute approximate surface area is 119 Å². The van der Waals surface area contributed by atoms with Crippen LogP contribution >= 0.6 is 11.6 Å². The van der Waals surface area contributed by atoms with Crippen molar-refractivity contribution < 1.29 is 9.53 Å². The first kappa shape index (κ1) is 14.2. The molecule has 2 rings (SSSR count). The first-order valence-corrected chi connectivity index (χ1v) is 7.19. The molecule has 1 saturated heterocycles. The third kappa shape index (κ3) is 3.21. The molecule has 0 aromatic heterocycles. The van der Waals surface area contributed by atoms with Crippen LogP contribution in [-0.2, 0) is 0 Å². The third-order valence-corrected chi connectivity index (χ3v) is 4.12. The van der Waals surface area contributed by atoms with E-state index < -0.39 is 0 Å². The lowest BCUT2D eigenvalue weighted by atomic mass is 9.99. The Kier molecular flexibility index (Phi) is 4.70. The predicted molar refractivity (Wildman–Crippen MR) is 77.1 cm³/mol. The summed E-state index contributed by atoms with van der Waals surface area (Å²) in [5.74, 6) is 1.89. The first-order chi connectivity index (χ1) is 9.15. The number of ether oxygens (including phenoxy) is 1. The summed E-state index contributed by atoms with van der Waals surface area (Å²) in [5, 5.41) is 0. The van der Waals surface area contributed by atoms with Gasteiger partial charge in [-0.25, -0.2) is 0 Å². The van der Waals surface area contributed by atoms with Gasteiger partial charge in [-0.05, 0) is 43.4 Å². The van der Waals surface area contributed by atoms with Crippen molar-refractivity contribution >= 4 is 17.5 Å². The van der Waals surface area contributed by atoms with Gasteiger partial charge in [0, 0.05) is 24.5 Å². The van der Waals surface area contributed by atoms with E-state index in [9.17, 15) is 4.79 Å². The summed E-state index contributed by atoms with van der Waals surface area (Å²) < 4.78 is 5.27. The van der Waals surface area contributed by atoms with E-state index in [1.807, 2.05) is 30.0 Å². The first-order valence-electron chi connectivity index (χ1n) is 6.65. The fraction of sp³-hybridized carbons (Fsp3) is 0.533. The van der Waals surface area contributed by atoms with Crippen molar-refractivity contribution in [2.24, 2.45) is 5.92 Å². The van der Waals surface area contributed by atoms with Crippen LogP contribution in [0.2, 0.25) is 0 Å². The van der Waals surface area contributed by atoms with E-state index in [0.717, 1.165) is 37.2 Å². The number of benzene rings is 1. The average molecular weight is 282 g/mol. The molecule has 1 aromatic carbocycles. The fourth-order valence-corrected chi connectivity index (χ4v) is 2.76. The quantitative estimate of drug-likeness (QED) is 0.797. The van der Waals surface area contributed by atoms with E-state index in [4.69, 9.17) is 16.3 Å². The molecule has 1 aliphatic heterocycles. The number of hydrogen-bond acceptors (Lipinski definition) is 2. The molecule has 1 aliphatic rings. The van der Waals surface area contributed by atoms with Crippen molar-refractivity contribution in [2.75, 3.05) is 26.1 Å². The number of amides is 1. The minimum Gasteiger partial charge on any atom is -0.496 e. The molecule has 19 heavy (non-hydrogen) atoms. The van der Waals surface area contributed by atoms with Crippen LogP contribution in [-0.4, -0.2) is 36.9 Å². The average Bonchev–Trinajstić information content (AvgIpc) is 2.47. The summed E-state index contributed by atoms with van der Waals surface area (Å²) in [4.78, 5) is 14.4. The second-order valence-corrected chi connectivity index (χ2v) is 5.41. The maximum Gasteiger partial charge on any atom is 0.253 e. The molecular weight excluding hydrogens is 262 g/mol. The Morgan fingerprint density at radius 3 is 3.00 bits per heavy atom. The number of alkyl halides is 1. The van der Waals surface area contributed by atoms with E-state index in [0.29, 0.717) is 17.4 Å². The normalized spacial score (nSPS) is 19.3. The lowest BCUT2D eigenvalue weighted by molar-refractivity contribution is 0.0684. The molecule has 1 atom stereocenters. The van der Waals surface area contributed by atoms with Crippen molar-refractivity contribution in [2.45, 2.75) is 19.8 Å². The molecule has 1 aromatic rings. The van der Waals surface area contributed by atoms with Gasteiger partial charge in [0.15, 0.2) is 0 Å². The number of nitrogens with zero attached hydrogens (tertiary/aromatic N) is 1. The van der Waals surface area contributed by atoms with Crippen molar-refractivity contribution in [3.05, 3.63) is 29.3 Å². The maximum absolute atomic E-state index is 12.5. The number of methoxy groups -OCH3 is 1. The Bertz CT molecular complexity index is 461. The van der Waals surface area contributed by atoms with E-state index in [1.54, 1.807) is 7.11 Å². The highest BCUT2D eigenvalue weighted by atomic mass is 35.5. The zero-order valence-corrected chi connectivity index (χ0v) is 12.2. The molecule has 0 saturated carbocycles. The standard InChI is InChI=1S/C15H20ClNO2/c1-11-5-6-13(8-14(11)19-2)15(18)17-7-3-4-12(9-16)10-17/h5-6,8,12H,3-4,7,9-10H2,1-2H3. The molecular formula is C15H20ClNO2. The zero-order valence-electron chi connectivity index (χ0n) is 11.5. The summed E-state index contributed by atoms with van der Waals surface area (Å²) in [5.41, 5.74) is 1.73. The summed E-state index contributed by atoms with van der Waals surface area (Å²) >= 11 is 5.91. The number of aryl methyl sites for hydroxylation is 1. The molecule has 4 heteroatoms. The van der Waals surface area contributed by atoms with Gasteiger partial charge in [-0.2, -0.15) is 0 Å². The number of carbonyl (C=O) groups is 1. The second-order valence-electron chi connectivity index (χ2n) is 5.10. The minimum atomic E-state index is 0.0770. The maximum atomic E-state index is 12.5. The molecule has 0 N–H and O–H groups in total. The van der Waals surface area contributed by atoms with Gasteiger partial charge in [-0.15, -0.1) is 11.6 Å². The van der Waals surface area contributed by atoms with Gasteiger partial charge in [-0.1, -0.05) is 6.07 Å². The Morgan fingerprint density at radius 1 is 1.53 bits per heavy atom. The number of rotatable bonds is 3. The molecule has 0 bridgehead atoms. The Morgan fingerprint density at radius 2 is 2.32 bits per heavy atom. The van der Waals surface area contributed by atoms with Crippen molar-refractivity contribution in [1.82, 2.24) is 4.90 Å². The molecule has 0 aliphatic carbocycles. The Hall–Kier alpha value is -1.22. The predicted octanol–water partition coefficient (Wildman–Crippen LogP) is 3.09. The topological polar surface area (TPSA) is 29.5 Å². The van der Waals surface area contributed by atoms with Gasteiger partial charge in [0.25, 0.3) is 5.91 Å². The van der Waals surface area contributed by atoms with Crippen molar-refractivity contribution in [3.63, 3.8) is 0 Å². The number of halogens is 1. The molecule has 1 amide bonds. The van der Waals surface area contributed by atoms with Crippen LogP contribution in [0.1, 0.15) is 28.8 Å². The van der Waals surface area contributed by atoms with E-state index in [1.165, 1.54) is 0 Å². The molecule has 104 valence electrons. The van der Waals surface area contributed by atoms with Crippen LogP contribution in [0.3, 0.4) is 0 Å². The van der Waals surface area contributed by atoms with Crippen molar-refractivity contribution in [1.29, 1.82) is 0 Å². The molecule has 3 nitrogen and oxygen atoms in total. The molecule has 0 radical (unpaired) electrons. The Balaban J connectivity index is 2.14. The molecule has 1 unspecified atom stereocenters. The summed E-state index contributed by atoms with van der Waals surface area (Å²) in [6.07, 6.45) is 2.15. The smallest absolute Gasteiger partial charge is 0.253 e. The minimum absolute atomic E-state index is 0.0770. The van der Waals surface area contributed by atoms with E-state index in [-0.39, 0.29) is 5.91 Å². The summed E-state index contributed by atoms with van der Waals surface area (Å²) in [6.45, 7) is 3.55. The fourth-order valence-electron chi connectivity index (χ4n) is 2.51. The van der Waals surface area contributed by atoms with Crippen LogP contribution in [0.4, 0.5) is 0 Å². The van der Waals surface area contributed by atoms with Gasteiger partial charge in [0.05, 0.1) is 7.11 Å². The van der Waals surface area contributed by atoms with Gasteiger partial charge in [0.1, 0.15) is 5.75 Å². The van der Waals surface area contributed by atoms with Crippen LogP contribution in [0.15, 0.2) is 18.2 Å². The van der Waals surface area contributed by atoms with Crippen LogP contribution in [0, 0.1) is 12.8 Å². The highest BCUT2D eigenvalue weighted by Crippen LogP contribution is 2.23. The lowest BCUT2D eigenvalue weighted by Crippen LogP contribution is -2.40. The van der Waals surface area contributed by atoms with E-state index in [2.05, 4.69) is 0 Å². The van der Waals surface area contributed by atoms with Crippen LogP contribution < -0.4 is 4.74 Å². The zero-order chi connectivity index (χ0) is 13.8. The van der Waals surface area contributed by atoms with Crippen LogP contribution in [0.5, 0.6) is 5.75 Å². The molecule has 1 fully saturated rings. The monoisotopic (exact) mass is 281 g/mol. The number of hydrogen-bond donors (Lipinski definition) is 0. The summed E-state index contributed by atoms with van der Waals surface area (Å²) in [7, 11) is 1.63. The second kappa shape index (κ2) is 6.29. The van der Waals surface area contributed by atoms with Gasteiger partial charge in [0.2, 0.25) is 0 Å². The van der Waals surface area contributed by atoms with Gasteiger partial charge >= 0.3 is 0 Å². The number of piperidine rings is 1. The van der Waals surface area contributed by atoms with Gasteiger partial charge < -0.3 is 9.64 Å². The molecule has 0 spiro atoms. The number of carbonyl (C=O) groups excluding carboxylic acids is 1. The highest BCUT2D eigenvalue weighted by molar-refractivity contribution is 6.18. The highest BCUT2D eigenvalue weighted by Gasteiger charge is 2.24. The lowest BCUT2D eigenvalue weighted by Gasteiger charge is -2.32. The molecule has 1 heterocycles.